The summed E-state index contributed by atoms with van der Waals surface area (Å²) in [6, 6.07) is 0. The van der Waals surface area contributed by atoms with E-state index in [9.17, 15) is 0 Å². The maximum atomic E-state index is 5.60. The molecule has 5 nitrogen and oxygen atoms in total. The molecular formula is C8H13N3O2. The molecule has 0 unspecified atom stereocenters. The van der Waals surface area contributed by atoms with Crippen molar-refractivity contribution in [1.29, 1.82) is 0 Å². The van der Waals surface area contributed by atoms with Crippen LogP contribution in [-0.2, 0) is 4.74 Å². The number of hydrogen-bond donors (Lipinski definition) is 1. The predicted molar refractivity (Wildman–Crippen MR) is 44.9 cm³/mol. The lowest BCUT2D eigenvalue weighted by Gasteiger charge is -2.11. The van der Waals surface area contributed by atoms with Crippen molar-refractivity contribution < 1.29 is 9.26 Å². The summed E-state index contributed by atoms with van der Waals surface area (Å²) in [5.41, 5.74) is 5.60. The van der Waals surface area contributed by atoms with Gasteiger partial charge in [-0.1, -0.05) is 5.16 Å². The van der Waals surface area contributed by atoms with Crippen LogP contribution in [0.1, 0.15) is 24.2 Å². The average molecular weight is 183 g/mol. The highest BCUT2D eigenvalue weighted by molar-refractivity contribution is 4.94. The molecule has 72 valence electrons. The second kappa shape index (κ2) is 3.43. The fourth-order valence-corrected chi connectivity index (χ4v) is 1.58. The Morgan fingerprint density at radius 1 is 1.62 bits per heavy atom. The van der Waals surface area contributed by atoms with Crippen molar-refractivity contribution in [2.75, 3.05) is 13.2 Å². The van der Waals surface area contributed by atoms with Gasteiger partial charge in [0, 0.05) is 12.5 Å². The molecule has 1 aliphatic heterocycles. The number of nitrogens with zero attached hydrogens (tertiary/aromatic N) is 2. The molecule has 0 saturated carbocycles. The Bertz CT molecular complexity index is 287. The van der Waals surface area contributed by atoms with Gasteiger partial charge in [0.25, 0.3) is 5.89 Å². The number of aryl methyl sites for hydroxylation is 1. The third-order valence-corrected chi connectivity index (χ3v) is 2.30. The summed E-state index contributed by atoms with van der Waals surface area (Å²) < 4.78 is 10.5. The van der Waals surface area contributed by atoms with Crippen LogP contribution in [0.3, 0.4) is 0 Å². The van der Waals surface area contributed by atoms with Crippen molar-refractivity contribution in [2.24, 2.45) is 11.7 Å². The second-order valence-corrected chi connectivity index (χ2v) is 3.26. The highest BCUT2D eigenvalue weighted by Crippen LogP contribution is 2.32. The molecule has 1 aliphatic rings. The summed E-state index contributed by atoms with van der Waals surface area (Å²) in [7, 11) is 0. The third-order valence-electron chi connectivity index (χ3n) is 2.30. The topological polar surface area (TPSA) is 74.2 Å². The fourth-order valence-electron chi connectivity index (χ4n) is 1.58. The molecule has 0 radical (unpaired) electrons. The summed E-state index contributed by atoms with van der Waals surface area (Å²) in [6.07, 6.45) is 0.883. The molecule has 2 rings (SSSR count). The molecule has 0 spiro atoms. The van der Waals surface area contributed by atoms with Crippen LogP contribution in [0.2, 0.25) is 0 Å². The molecule has 0 amide bonds. The maximum absolute atomic E-state index is 5.60. The van der Waals surface area contributed by atoms with Crippen molar-refractivity contribution in [1.82, 2.24) is 10.1 Å². The molecular weight excluding hydrogens is 170 g/mol. The van der Waals surface area contributed by atoms with Crippen LogP contribution in [0.5, 0.6) is 0 Å². The lowest BCUT2D eigenvalue weighted by Crippen LogP contribution is -2.18. The van der Waals surface area contributed by atoms with E-state index in [0.29, 0.717) is 24.2 Å². The molecule has 1 saturated heterocycles. The first kappa shape index (κ1) is 8.65. The van der Waals surface area contributed by atoms with Gasteiger partial charge in [0.15, 0.2) is 5.82 Å². The fraction of sp³-hybridized carbons (Fsp3) is 0.750. The molecule has 2 atom stereocenters. The van der Waals surface area contributed by atoms with Crippen molar-refractivity contribution in [3.05, 3.63) is 11.7 Å². The maximum Gasteiger partial charge on any atom is 0.256 e. The quantitative estimate of drug-likeness (QED) is 0.719. The molecule has 2 heterocycles. The summed E-state index contributed by atoms with van der Waals surface area (Å²) >= 11 is 0. The SMILES string of the molecule is Cc1noc([C@H]2OCC[C@H]2CN)n1. The zero-order valence-electron chi connectivity index (χ0n) is 7.56. The van der Waals surface area contributed by atoms with E-state index in [1.807, 2.05) is 0 Å². The third kappa shape index (κ3) is 1.57. The van der Waals surface area contributed by atoms with Gasteiger partial charge in [-0.05, 0) is 19.9 Å². The number of rotatable bonds is 2. The van der Waals surface area contributed by atoms with Gasteiger partial charge >= 0.3 is 0 Å². The predicted octanol–water partition coefficient (Wildman–Crippen LogP) is 0.414. The Kier molecular flexibility index (Phi) is 2.28. The van der Waals surface area contributed by atoms with Gasteiger partial charge in [0.05, 0.1) is 0 Å². The van der Waals surface area contributed by atoms with Gasteiger partial charge in [0.1, 0.15) is 6.10 Å². The van der Waals surface area contributed by atoms with Crippen LogP contribution in [-0.4, -0.2) is 23.3 Å². The van der Waals surface area contributed by atoms with E-state index in [0.717, 1.165) is 13.0 Å². The summed E-state index contributed by atoms with van der Waals surface area (Å²) in [6.45, 7) is 3.12. The number of ether oxygens (including phenoxy) is 1. The lowest BCUT2D eigenvalue weighted by molar-refractivity contribution is 0.0642. The van der Waals surface area contributed by atoms with E-state index in [1.54, 1.807) is 6.92 Å². The van der Waals surface area contributed by atoms with Crippen molar-refractivity contribution in [3.63, 3.8) is 0 Å². The molecule has 13 heavy (non-hydrogen) atoms. The first-order valence-corrected chi connectivity index (χ1v) is 4.43. The Morgan fingerprint density at radius 3 is 3.08 bits per heavy atom. The van der Waals surface area contributed by atoms with Crippen LogP contribution < -0.4 is 5.73 Å². The van der Waals surface area contributed by atoms with Gasteiger partial charge in [-0.3, -0.25) is 0 Å². The van der Waals surface area contributed by atoms with E-state index in [1.165, 1.54) is 0 Å². The van der Waals surface area contributed by atoms with Crippen LogP contribution in [0.25, 0.3) is 0 Å². The molecule has 2 N–H and O–H groups in total. The molecule has 1 aromatic heterocycles. The number of hydrogen-bond acceptors (Lipinski definition) is 5. The van der Waals surface area contributed by atoms with Crippen LogP contribution in [0, 0.1) is 12.8 Å². The molecule has 1 fully saturated rings. The molecule has 0 aliphatic carbocycles. The van der Waals surface area contributed by atoms with E-state index < -0.39 is 0 Å². The first-order valence-electron chi connectivity index (χ1n) is 4.43. The minimum absolute atomic E-state index is 0.0915. The van der Waals surface area contributed by atoms with Gasteiger partial charge in [-0.15, -0.1) is 0 Å². The normalized spacial score (nSPS) is 28.2. The largest absolute Gasteiger partial charge is 0.368 e. The smallest absolute Gasteiger partial charge is 0.256 e. The molecule has 0 bridgehead atoms. The van der Waals surface area contributed by atoms with Crippen LogP contribution >= 0.6 is 0 Å². The first-order chi connectivity index (χ1) is 6.31. The van der Waals surface area contributed by atoms with Gasteiger partial charge in [-0.2, -0.15) is 4.98 Å². The van der Waals surface area contributed by atoms with Crippen LogP contribution in [0.4, 0.5) is 0 Å². The van der Waals surface area contributed by atoms with Crippen LogP contribution in [0.15, 0.2) is 4.52 Å². The molecule has 5 heteroatoms. The van der Waals surface area contributed by atoms with Crippen molar-refractivity contribution >= 4 is 0 Å². The zero-order valence-corrected chi connectivity index (χ0v) is 7.56. The zero-order chi connectivity index (χ0) is 9.26. The van der Waals surface area contributed by atoms with Gasteiger partial charge < -0.3 is 15.0 Å². The van der Waals surface area contributed by atoms with Crippen molar-refractivity contribution in [3.8, 4) is 0 Å². The molecule has 0 aromatic carbocycles. The highest BCUT2D eigenvalue weighted by atomic mass is 16.5. The average Bonchev–Trinajstić information content (AvgIpc) is 2.71. The van der Waals surface area contributed by atoms with E-state index in [-0.39, 0.29) is 6.10 Å². The Balaban J connectivity index is 2.15. The van der Waals surface area contributed by atoms with Gasteiger partial charge in [0.2, 0.25) is 0 Å². The monoisotopic (exact) mass is 183 g/mol. The van der Waals surface area contributed by atoms with E-state index in [4.69, 9.17) is 15.0 Å². The Morgan fingerprint density at radius 2 is 2.46 bits per heavy atom. The Hall–Kier alpha value is -0.940. The summed E-state index contributed by atoms with van der Waals surface area (Å²) in [5.74, 6) is 1.52. The Labute approximate surface area is 76.3 Å². The minimum Gasteiger partial charge on any atom is -0.368 e. The molecule has 1 aromatic rings. The van der Waals surface area contributed by atoms with Crippen molar-refractivity contribution in [2.45, 2.75) is 19.4 Å². The second-order valence-electron chi connectivity index (χ2n) is 3.26. The summed E-state index contributed by atoms with van der Waals surface area (Å²) in [4.78, 5) is 4.13. The minimum atomic E-state index is -0.0915. The lowest BCUT2D eigenvalue weighted by atomic mass is 10.0. The summed E-state index contributed by atoms with van der Waals surface area (Å²) in [5, 5.41) is 3.72. The van der Waals surface area contributed by atoms with Gasteiger partial charge in [-0.25, -0.2) is 0 Å². The van der Waals surface area contributed by atoms with E-state index >= 15 is 0 Å². The number of aromatic nitrogens is 2. The highest BCUT2D eigenvalue weighted by Gasteiger charge is 2.32. The van der Waals surface area contributed by atoms with E-state index in [2.05, 4.69) is 10.1 Å². The standard InChI is InChI=1S/C8H13N3O2/c1-5-10-8(13-11-5)7-6(4-9)2-3-12-7/h6-7H,2-4,9H2,1H3/t6-,7-/m0/s1. The number of nitrogens with two attached hydrogens (primary N) is 1.